The molecule has 0 rings (SSSR count). The van der Waals surface area contributed by atoms with Gasteiger partial charge in [0.25, 0.3) is 0 Å². The molecular weight excluding hydrogens is 261 g/mol. The van der Waals surface area contributed by atoms with Crippen molar-refractivity contribution in [2.24, 2.45) is 0 Å². The van der Waals surface area contributed by atoms with Crippen molar-refractivity contribution in [3.8, 4) is 0 Å². The molecule has 0 saturated carbocycles. The molecule has 0 aromatic rings. The molecule has 0 aromatic carbocycles. The molecule has 0 saturated heterocycles. The van der Waals surface area contributed by atoms with Gasteiger partial charge in [-0.2, -0.15) is 6.42 Å². The van der Waals surface area contributed by atoms with Gasteiger partial charge in [0.05, 0.1) is 0 Å². The summed E-state index contributed by atoms with van der Waals surface area (Å²) in [5.41, 5.74) is 0. The van der Waals surface area contributed by atoms with Crippen molar-refractivity contribution < 1.29 is 39.3 Å². The molecule has 4 nitrogen and oxygen atoms in total. The molecule has 0 bridgehead atoms. The van der Waals surface area contributed by atoms with Gasteiger partial charge in [-0.15, -0.1) is 0 Å². The van der Waals surface area contributed by atoms with Crippen LogP contribution >= 0.6 is 0 Å². The maximum absolute atomic E-state index is 8.89. The number of carboxylic acids is 2. The van der Waals surface area contributed by atoms with Crippen LogP contribution in [0, 0.1) is 6.92 Å². The fraction of sp³-hybridized carbons (Fsp3) is 0.625. The van der Waals surface area contributed by atoms with E-state index in [-0.39, 0.29) is 19.5 Å². The zero-order chi connectivity index (χ0) is 10.6. The molecule has 0 aliphatic heterocycles. The summed E-state index contributed by atoms with van der Waals surface area (Å²) in [6, 6.07) is 0. The third kappa shape index (κ3) is 3330. The van der Waals surface area contributed by atoms with E-state index >= 15 is 0 Å². The quantitative estimate of drug-likeness (QED) is 0.460. The van der Waals surface area contributed by atoms with E-state index < -0.39 is 11.9 Å². The van der Waals surface area contributed by atoms with Gasteiger partial charge < -0.3 is 26.7 Å². The predicted molar refractivity (Wildman–Crippen MR) is 41.6 cm³/mol. The van der Waals surface area contributed by atoms with E-state index in [9.17, 15) is 0 Å². The molecule has 0 amide bonds. The minimum absolute atomic E-state index is 0. The normalized spacial score (nSPS) is 6.15. The summed E-state index contributed by atoms with van der Waals surface area (Å²) in [7, 11) is 0. The fourth-order valence-corrected chi connectivity index (χ4v) is 0. The first kappa shape index (κ1) is 22.9. The monoisotopic (exact) mass is 277 g/mol. The largest absolute Gasteiger partial charge is 3.00 e. The summed E-state index contributed by atoms with van der Waals surface area (Å²) in [5, 5.41) is 17.8. The van der Waals surface area contributed by atoms with Crippen LogP contribution in [-0.4, -0.2) is 11.9 Å². The zero-order valence-electron chi connectivity index (χ0n) is 8.11. The van der Waals surface area contributed by atoms with E-state index in [2.05, 4.69) is 13.8 Å². The molecule has 1 radical (unpaired) electrons. The number of aliphatic carboxylic acids is 2. The molecule has 0 aliphatic rings. The summed E-state index contributed by atoms with van der Waals surface area (Å²) in [6.45, 7) is 7.67. The van der Waals surface area contributed by atoms with E-state index in [1.54, 1.807) is 0 Å². The van der Waals surface area contributed by atoms with Crippen molar-refractivity contribution in [2.45, 2.75) is 33.6 Å². The van der Waals surface area contributed by atoms with E-state index in [1.165, 1.54) is 6.42 Å². The molecule has 5 heteroatoms. The van der Waals surface area contributed by atoms with Gasteiger partial charge in [-0.1, -0.05) is 13.3 Å². The zero-order valence-corrected chi connectivity index (χ0v) is 9.85. The van der Waals surface area contributed by atoms with Crippen molar-refractivity contribution in [1.82, 2.24) is 0 Å². The van der Waals surface area contributed by atoms with Gasteiger partial charge in [-0.05, 0) is 13.8 Å². The number of carbonyl (C=O) groups excluding carboxylic acids is 2. The van der Waals surface area contributed by atoms with Crippen LogP contribution in [0.15, 0.2) is 0 Å². The molecule has 0 aromatic heterocycles. The first-order chi connectivity index (χ1) is 5.38. The van der Waals surface area contributed by atoms with Crippen LogP contribution < -0.4 is 10.2 Å². The van der Waals surface area contributed by atoms with Crippen LogP contribution in [0.25, 0.3) is 0 Å². The number of hydrogen-bond acceptors (Lipinski definition) is 4. The third-order valence-corrected chi connectivity index (χ3v) is 0.354. The molecule has 0 spiro atoms. The number of rotatable bonds is 1. The second-order valence-corrected chi connectivity index (χ2v) is 1.84. The van der Waals surface area contributed by atoms with Gasteiger partial charge in [-0.3, -0.25) is 0 Å². The SMILES string of the molecule is CC(=O)[O-].CC(=O)[O-].[CH2-]CCC.[Ru+3]. The first-order valence-electron chi connectivity index (χ1n) is 3.52. The Hall–Kier alpha value is -0.437. The number of carbonyl (C=O) groups is 2. The Morgan fingerprint density at radius 3 is 1.23 bits per heavy atom. The summed E-state index contributed by atoms with van der Waals surface area (Å²) in [5.74, 6) is -2.17. The number of carboxylic acid groups (broad SMARTS) is 2. The standard InChI is InChI=1S/C4H9.2C2H4O2.Ru/c1-3-4-2;2*1-2(3)4;/h1,3-4H2,2H3;2*1H3,(H,3,4);/q-1;;;+3/p-2. The minimum Gasteiger partial charge on any atom is -0.550 e. The minimum atomic E-state index is -1.08. The van der Waals surface area contributed by atoms with E-state index in [0.29, 0.717) is 0 Å². The molecule has 0 atom stereocenters. The molecule has 0 N–H and O–H groups in total. The van der Waals surface area contributed by atoms with Gasteiger partial charge in [0.1, 0.15) is 0 Å². The van der Waals surface area contributed by atoms with Gasteiger partial charge in [0, 0.05) is 11.9 Å². The van der Waals surface area contributed by atoms with Gasteiger partial charge >= 0.3 is 19.5 Å². The van der Waals surface area contributed by atoms with Crippen molar-refractivity contribution in [3.05, 3.63) is 6.92 Å². The average Bonchev–Trinajstić information content (AvgIpc) is 1.85. The summed E-state index contributed by atoms with van der Waals surface area (Å²) < 4.78 is 0. The number of unbranched alkanes of at least 4 members (excludes halogenated alkanes) is 1. The first-order valence-corrected chi connectivity index (χ1v) is 3.52. The second-order valence-electron chi connectivity index (χ2n) is 1.84. The average molecular weight is 276 g/mol. The molecule has 0 unspecified atom stereocenters. The molecule has 0 aliphatic carbocycles. The maximum Gasteiger partial charge on any atom is 3.00 e. The molecule has 0 heterocycles. The topological polar surface area (TPSA) is 80.3 Å². The summed E-state index contributed by atoms with van der Waals surface area (Å²) in [6.07, 6.45) is 2.28. The smallest absolute Gasteiger partial charge is 0.550 e. The van der Waals surface area contributed by atoms with Crippen LogP contribution in [-0.2, 0) is 29.1 Å². The Bertz CT molecular complexity index is 92.7. The van der Waals surface area contributed by atoms with E-state index in [4.69, 9.17) is 19.8 Å². The van der Waals surface area contributed by atoms with E-state index in [1.807, 2.05) is 0 Å². The Labute approximate surface area is 92.1 Å². The van der Waals surface area contributed by atoms with Crippen molar-refractivity contribution >= 4 is 11.9 Å². The Kier molecular flexibility index (Phi) is 39.7. The summed E-state index contributed by atoms with van der Waals surface area (Å²) >= 11 is 0. The van der Waals surface area contributed by atoms with Crippen LogP contribution in [0.4, 0.5) is 0 Å². The van der Waals surface area contributed by atoms with Crippen LogP contribution in [0.3, 0.4) is 0 Å². The van der Waals surface area contributed by atoms with Gasteiger partial charge in [0.15, 0.2) is 0 Å². The molecular formula is C8H15O4Ru. The Balaban J connectivity index is -0.0000000450. The van der Waals surface area contributed by atoms with Gasteiger partial charge in [0.2, 0.25) is 0 Å². The van der Waals surface area contributed by atoms with Crippen LogP contribution in [0.5, 0.6) is 0 Å². The predicted octanol–water partition coefficient (Wildman–Crippen LogP) is -0.870. The summed E-state index contributed by atoms with van der Waals surface area (Å²) in [4.78, 5) is 17.8. The maximum atomic E-state index is 8.89. The Morgan fingerprint density at radius 2 is 1.23 bits per heavy atom. The molecule has 0 fully saturated rings. The molecule has 13 heavy (non-hydrogen) atoms. The van der Waals surface area contributed by atoms with Crippen LogP contribution in [0.1, 0.15) is 33.6 Å². The van der Waals surface area contributed by atoms with Crippen molar-refractivity contribution in [3.63, 3.8) is 0 Å². The molecule has 79 valence electrons. The fourth-order valence-electron chi connectivity index (χ4n) is 0. The van der Waals surface area contributed by atoms with Gasteiger partial charge in [-0.25, -0.2) is 0 Å². The van der Waals surface area contributed by atoms with Crippen LogP contribution in [0.2, 0.25) is 0 Å². The van der Waals surface area contributed by atoms with Crippen molar-refractivity contribution in [1.29, 1.82) is 0 Å². The van der Waals surface area contributed by atoms with E-state index in [0.717, 1.165) is 20.3 Å². The second kappa shape index (κ2) is 22.6. The third-order valence-electron chi connectivity index (χ3n) is 0.354. The van der Waals surface area contributed by atoms with Crippen molar-refractivity contribution in [2.75, 3.05) is 0 Å². The Morgan fingerprint density at radius 1 is 1.15 bits per heavy atom. The number of hydrogen-bond donors (Lipinski definition) is 0.